The van der Waals surface area contributed by atoms with Crippen LogP contribution in [-0.4, -0.2) is 57.9 Å². The van der Waals surface area contributed by atoms with Gasteiger partial charge in [-0.15, -0.1) is 5.10 Å². The van der Waals surface area contributed by atoms with Crippen molar-refractivity contribution in [3.05, 3.63) is 0 Å². The average molecular weight is 311 g/mol. The van der Waals surface area contributed by atoms with Gasteiger partial charge in [0.1, 0.15) is 6.61 Å². The predicted octanol–water partition coefficient (Wildman–Crippen LogP) is 1.10. The van der Waals surface area contributed by atoms with Gasteiger partial charge in [0.05, 0.1) is 13.2 Å². The quantitative estimate of drug-likeness (QED) is 0.544. The Balaban J connectivity index is 1.61. The molecule has 1 aliphatic carbocycles. The van der Waals surface area contributed by atoms with Crippen LogP contribution in [0.25, 0.3) is 0 Å². The molecule has 1 aromatic heterocycles. The van der Waals surface area contributed by atoms with Crippen molar-refractivity contribution in [3.8, 4) is 0 Å². The molecule has 0 aromatic carbocycles. The Bertz CT molecular complexity index is 410. The first-order valence-corrected chi connectivity index (χ1v) is 7.30. The number of ether oxygens (including phenoxy) is 1. The molecule has 0 atom stereocenters. The molecule has 1 saturated carbocycles. The number of aromatic nitrogens is 4. The smallest absolute Gasteiger partial charge is 0.371 e. The van der Waals surface area contributed by atoms with E-state index in [-0.39, 0.29) is 6.61 Å². The largest absolute Gasteiger partial charge is 0.411 e. The second-order valence-corrected chi connectivity index (χ2v) is 5.49. The van der Waals surface area contributed by atoms with Crippen LogP contribution in [0.1, 0.15) is 12.8 Å². The van der Waals surface area contributed by atoms with Crippen molar-refractivity contribution in [2.45, 2.75) is 36.8 Å². The lowest BCUT2D eigenvalue weighted by Gasteiger charge is -2.07. The van der Waals surface area contributed by atoms with Gasteiger partial charge in [0.25, 0.3) is 0 Å². The van der Waals surface area contributed by atoms with Crippen molar-refractivity contribution in [2.75, 3.05) is 25.5 Å². The van der Waals surface area contributed by atoms with Gasteiger partial charge in [-0.1, -0.05) is 11.8 Å². The molecule has 10 heteroatoms. The summed E-state index contributed by atoms with van der Waals surface area (Å²) >= 11 is 1.29. The van der Waals surface area contributed by atoms with Gasteiger partial charge in [-0.2, -0.15) is 13.2 Å². The van der Waals surface area contributed by atoms with Crippen molar-refractivity contribution in [2.24, 2.45) is 0 Å². The lowest BCUT2D eigenvalue weighted by molar-refractivity contribution is -0.172. The molecule has 1 aromatic rings. The first-order valence-electron chi connectivity index (χ1n) is 6.31. The Morgan fingerprint density at radius 2 is 2.20 bits per heavy atom. The molecule has 0 amide bonds. The van der Waals surface area contributed by atoms with Gasteiger partial charge in [-0.25, -0.2) is 4.68 Å². The molecular weight excluding hydrogens is 295 g/mol. The number of tetrazole rings is 1. The maximum absolute atomic E-state index is 11.9. The number of nitrogens with zero attached hydrogens (tertiary/aromatic N) is 4. The van der Waals surface area contributed by atoms with Gasteiger partial charge >= 0.3 is 6.18 Å². The van der Waals surface area contributed by atoms with Crippen LogP contribution in [0.2, 0.25) is 0 Å². The molecule has 0 saturated heterocycles. The van der Waals surface area contributed by atoms with E-state index >= 15 is 0 Å². The molecule has 0 bridgehead atoms. The first-order chi connectivity index (χ1) is 9.54. The molecule has 1 N–H and O–H groups in total. The maximum atomic E-state index is 11.9. The Labute approximate surface area is 118 Å². The van der Waals surface area contributed by atoms with Crippen molar-refractivity contribution < 1.29 is 17.9 Å². The first kappa shape index (κ1) is 15.5. The van der Waals surface area contributed by atoms with Crippen LogP contribution < -0.4 is 5.32 Å². The fourth-order valence-electron chi connectivity index (χ4n) is 1.48. The highest BCUT2D eigenvalue weighted by molar-refractivity contribution is 7.99. The van der Waals surface area contributed by atoms with Crippen molar-refractivity contribution in [1.29, 1.82) is 0 Å². The highest BCUT2D eigenvalue weighted by Gasteiger charge is 2.27. The fraction of sp³-hybridized carbons (Fsp3) is 0.900. The third-order valence-corrected chi connectivity index (χ3v) is 3.48. The lowest BCUT2D eigenvalue weighted by atomic mass is 10.6. The van der Waals surface area contributed by atoms with E-state index in [0.29, 0.717) is 23.5 Å². The number of halogens is 3. The van der Waals surface area contributed by atoms with Crippen LogP contribution in [0.4, 0.5) is 13.2 Å². The van der Waals surface area contributed by atoms with Gasteiger partial charge in [0.15, 0.2) is 0 Å². The van der Waals surface area contributed by atoms with Crippen molar-refractivity contribution >= 4 is 11.8 Å². The number of hydrogen-bond acceptors (Lipinski definition) is 6. The highest BCUT2D eigenvalue weighted by atomic mass is 32.2. The molecular formula is C10H16F3N5OS. The number of hydrogen-bond donors (Lipinski definition) is 1. The van der Waals surface area contributed by atoms with Crippen LogP contribution in [-0.2, 0) is 11.3 Å². The molecule has 1 heterocycles. The van der Waals surface area contributed by atoms with Crippen LogP contribution >= 0.6 is 11.8 Å². The second kappa shape index (κ2) is 7.23. The molecule has 0 radical (unpaired) electrons. The van der Waals surface area contributed by atoms with Crippen molar-refractivity contribution in [3.63, 3.8) is 0 Å². The highest BCUT2D eigenvalue weighted by Crippen LogP contribution is 2.19. The van der Waals surface area contributed by atoms with Crippen LogP contribution in [0.3, 0.4) is 0 Å². The van der Waals surface area contributed by atoms with Gasteiger partial charge < -0.3 is 10.1 Å². The minimum Gasteiger partial charge on any atom is -0.371 e. The molecule has 2 rings (SSSR count). The molecule has 0 spiro atoms. The topological polar surface area (TPSA) is 64.9 Å². The van der Waals surface area contributed by atoms with E-state index in [9.17, 15) is 13.2 Å². The van der Waals surface area contributed by atoms with E-state index < -0.39 is 12.8 Å². The van der Waals surface area contributed by atoms with Crippen LogP contribution in [0.15, 0.2) is 5.16 Å². The van der Waals surface area contributed by atoms with E-state index in [1.807, 2.05) is 0 Å². The van der Waals surface area contributed by atoms with Gasteiger partial charge in [-0.3, -0.25) is 0 Å². The summed E-state index contributed by atoms with van der Waals surface area (Å²) in [7, 11) is 0. The Morgan fingerprint density at radius 1 is 1.40 bits per heavy atom. The summed E-state index contributed by atoms with van der Waals surface area (Å²) < 4.78 is 41.7. The minimum atomic E-state index is -4.28. The number of nitrogens with one attached hydrogen (secondary N) is 1. The zero-order chi connectivity index (χ0) is 14.4. The average Bonchev–Trinajstić information content (AvgIpc) is 3.08. The predicted molar refractivity (Wildman–Crippen MR) is 66.4 cm³/mol. The molecule has 0 unspecified atom stereocenters. The summed E-state index contributed by atoms with van der Waals surface area (Å²) in [5, 5.41) is 15.2. The van der Waals surface area contributed by atoms with E-state index in [2.05, 4.69) is 25.6 Å². The SMILES string of the molecule is FC(F)(F)COCCSc1nnnn1CCNC1CC1. The summed E-state index contributed by atoms with van der Waals surface area (Å²) in [6, 6.07) is 0.623. The van der Waals surface area contributed by atoms with Gasteiger partial charge in [0.2, 0.25) is 5.16 Å². The lowest BCUT2D eigenvalue weighted by Crippen LogP contribution is -2.22. The van der Waals surface area contributed by atoms with E-state index in [0.717, 1.165) is 6.54 Å². The van der Waals surface area contributed by atoms with E-state index in [1.54, 1.807) is 4.68 Å². The summed E-state index contributed by atoms with van der Waals surface area (Å²) in [4.78, 5) is 0. The van der Waals surface area contributed by atoms with E-state index in [4.69, 9.17) is 0 Å². The molecule has 20 heavy (non-hydrogen) atoms. The van der Waals surface area contributed by atoms with Crippen LogP contribution in [0.5, 0.6) is 0 Å². The number of thioether (sulfide) groups is 1. The Hall–Kier alpha value is -0.870. The second-order valence-electron chi connectivity index (χ2n) is 4.43. The van der Waals surface area contributed by atoms with E-state index in [1.165, 1.54) is 24.6 Å². The fourth-order valence-corrected chi connectivity index (χ4v) is 2.24. The van der Waals surface area contributed by atoms with Crippen molar-refractivity contribution in [1.82, 2.24) is 25.5 Å². The molecule has 1 aliphatic rings. The molecule has 1 fully saturated rings. The third kappa shape index (κ3) is 6.06. The normalized spacial score (nSPS) is 15.8. The Kier molecular flexibility index (Phi) is 5.61. The summed E-state index contributed by atoms with van der Waals surface area (Å²) in [5.41, 5.74) is 0. The monoisotopic (exact) mass is 311 g/mol. The number of alkyl halides is 3. The van der Waals surface area contributed by atoms with Gasteiger partial charge in [0, 0.05) is 18.3 Å². The minimum absolute atomic E-state index is 0.0113. The molecule has 6 nitrogen and oxygen atoms in total. The zero-order valence-corrected chi connectivity index (χ0v) is 11.6. The number of rotatable bonds is 9. The van der Waals surface area contributed by atoms with Gasteiger partial charge in [-0.05, 0) is 23.3 Å². The van der Waals surface area contributed by atoms with Crippen LogP contribution in [0, 0.1) is 0 Å². The third-order valence-electron chi connectivity index (χ3n) is 2.56. The standard InChI is InChI=1S/C10H16F3N5OS/c11-10(12,13)7-19-5-6-20-9-15-16-17-18(9)4-3-14-8-1-2-8/h8,14H,1-7H2. The summed E-state index contributed by atoms with van der Waals surface area (Å²) in [5.74, 6) is 0.381. The summed E-state index contributed by atoms with van der Waals surface area (Å²) in [6.45, 7) is 0.226. The zero-order valence-electron chi connectivity index (χ0n) is 10.8. The summed E-state index contributed by atoms with van der Waals surface area (Å²) in [6.07, 6.45) is -1.84. The molecule has 114 valence electrons. The Morgan fingerprint density at radius 3 is 2.90 bits per heavy atom. The maximum Gasteiger partial charge on any atom is 0.411 e. The molecule has 0 aliphatic heterocycles.